The Hall–Kier alpha value is -9.04. The fourth-order valence-electron chi connectivity index (χ4n) is 13.8. The Kier molecular flexibility index (Phi) is 11.8. The van der Waals surface area contributed by atoms with Crippen molar-refractivity contribution < 1.29 is 0 Å². The van der Waals surface area contributed by atoms with Crippen LogP contribution >= 0.6 is 0 Å². The zero-order valence-corrected chi connectivity index (χ0v) is 46.6. The number of anilines is 3. The summed E-state index contributed by atoms with van der Waals surface area (Å²) >= 11 is 0. The number of hydrogen-bond acceptors (Lipinski definition) is 1. The molecule has 10 aromatic rings. The predicted molar refractivity (Wildman–Crippen MR) is 338 cm³/mol. The maximum atomic E-state index is 2.56. The first-order valence-electron chi connectivity index (χ1n) is 28.6. The molecule has 2 atom stereocenters. The average molecular weight is 1030 g/mol. The minimum Gasteiger partial charge on any atom is -0.310 e. The summed E-state index contributed by atoms with van der Waals surface area (Å²) in [6.45, 7) is 14.1. The molecular weight excluding hydrogens is 963 g/mol. The van der Waals surface area contributed by atoms with Crippen LogP contribution in [0.15, 0.2) is 279 Å². The third kappa shape index (κ3) is 7.97. The third-order valence-corrected chi connectivity index (χ3v) is 17.7. The van der Waals surface area contributed by atoms with Crippen LogP contribution in [0, 0.1) is 5.92 Å². The minimum atomic E-state index is -0.561. The summed E-state index contributed by atoms with van der Waals surface area (Å²) < 4.78 is 0. The van der Waals surface area contributed by atoms with Gasteiger partial charge in [-0.25, -0.2) is 0 Å². The normalized spacial score (nSPS) is 16.3. The van der Waals surface area contributed by atoms with Crippen molar-refractivity contribution in [2.24, 2.45) is 5.92 Å². The SMILES string of the molecule is CC(C)(C)c1ccc2c(c1)C1(c3ccccc3-c3ccc(N(c4ccc(C5C=CC=C6C=CC=C(c7ccccc7)C65)cc4)c4ccccc4-c4ccccc4-c4ccccc4-c4ccccc4)cc31)c1cc(C(C)(C)C)ccc1-2. The predicted octanol–water partition coefficient (Wildman–Crippen LogP) is 20.9. The summed E-state index contributed by atoms with van der Waals surface area (Å²) in [4.78, 5) is 2.55. The van der Waals surface area contributed by atoms with Crippen LogP contribution in [-0.4, -0.2) is 0 Å². The van der Waals surface area contributed by atoms with Gasteiger partial charge in [-0.3, -0.25) is 0 Å². The highest BCUT2D eigenvalue weighted by Crippen LogP contribution is 2.64. The molecular formula is C79H65N. The summed E-state index contributed by atoms with van der Waals surface area (Å²) in [7, 11) is 0. The van der Waals surface area contributed by atoms with E-state index in [-0.39, 0.29) is 22.7 Å². The summed E-state index contributed by atoms with van der Waals surface area (Å²) in [6.07, 6.45) is 13.8. The topological polar surface area (TPSA) is 3.24 Å². The molecule has 14 rings (SSSR count). The number of hydrogen-bond donors (Lipinski definition) is 0. The quantitative estimate of drug-likeness (QED) is 0.147. The van der Waals surface area contributed by atoms with E-state index < -0.39 is 5.41 Å². The number of benzene rings is 10. The second-order valence-corrected chi connectivity index (χ2v) is 24.3. The van der Waals surface area contributed by atoms with Crippen molar-refractivity contribution in [1.29, 1.82) is 0 Å². The molecule has 0 saturated carbocycles. The highest BCUT2D eigenvalue weighted by molar-refractivity contribution is 6.00. The van der Waals surface area contributed by atoms with E-state index in [4.69, 9.17) is 0 Å². The zero-order chi connectivity index (χ0) is 54.3. The molecule has 0 aliphatic heterocycles. The van der Waals surface area contributed by atoms with Gasteiger partial charge in [-0.1, -0.05) is 284 Å². The molecule has 0 saturated heterocycles. The fourth-order valence-corrected chi connectivity index (χ4v) is 13.8. The molecule has 0 bridgehead atoms. The molecule has 1 heteroatoms. The van der Waals surface area contributed by atoms with Crippen molar-refractivity contribution in [3.8, 4) is 55.6 Å². The van der Waals surface area contributed by atoms with Crippen LogP contribution in [0.4, 0.5) is 17.1 Å². The van der Waals surface area contributed by atoms with Crippen molar-refractivity contribution >= 4 is 22.6 Å². The monoisotopic (exact) mass is 1030 g/mol. The van der Waals surface area contributed by atoms with E-state index in [0.29, 0.717) is 0 Å². The molecule has 4 aliphatic rings. The zero-order valence-electron chi connectivity index (χ0n) is 46.6. The smallest absolute Gasteiger partial charge is 0.0726 e. The minimum absolute atomic E-state index is 0.0483. The first-order valence-corrected chi connectivity index (χ1v) is 28.6. The van der Waals surface area contributed by atoms with Crippen LogP contribution in [0.5, 0.6) is 0 Å². The van der Waals surface area contributed by atoms with Gasteiger partial charge < -0.3 is 4.90 Å². The molecule has 1 spiro atoms. The van der Waals surface area contributed by atoms with Crippen molar-refractivity contribution in [3.05, 3.63) is 323 Å². The maximum absolute atomic E-state index is 2.56. The molecule has 0 aromatic heterocycles. The number of nitrogens with zero attached hydrogens (tertiary/aromatic N) is 1. The summed E-state index contributed by atoms with van der Waals surface area (Å²) in [5.74, 6) is 0.365. The number of allylic oxidation sites excluding steroid dienone is 8. The summed E-state index contributed by atoms with van der Waals surface area (Å²) in [6, 6.07) is 89.6. The van der Waals surface area contributed by atoms with Gasteiger partial charge in [0.25, 0.3) is 0 Å². The van der Waals surface area contributed by atoms with Gasteiger partial charge in [0.1, 0.15) is 0 Å². The van der Waals surface area contributed by atoms with E-state index in [2.05, 4.69) is 319 Å². The van der Waals surface area contributed by atoms with E-state index in [1.54, 1.807) is 0 Å². The highest BCUT2D eigenvalue weighted by atomic mass is 15.1. The van der Waals surface area contributed by atoms with Gasteiger partial charge in [0.15, 0.2) is 0 Å². The molecule has 2 unspecified atom stereocenters. The lowest BCUT2D eigenvalue weighted by molar-refractivity contribution is 0.586. The van der Waals surface area contributed by atoms with Crippen LogP contribution in [0.1, 0.15) is 92.0 Å². The second-order valence-electron chi connectivity index (χ2n) is 24.3. The van der Waals surface area contributed by atoms with Crippen molar-refractivity contribution in [2.75, 3.05) is 4.90 Å². The van der Waals surface area contributed by atoms with Crippen molar-refractivity contribution in [1.82, 2.24) is 0 Å². The molecule has 0 N–H and O–H groups in total. The lowest BCUT2D eigenvalue weighted by atomic mass is 9.68. The largest absolute Gasteiger partial charge is 0.310 e. The number of fused-ring (bicyclic) bond motifs is 11. The van der Waals surface area contributed by atoms with Gasteiger partial charge in [0.05, 0.1) is 11.1 Å². The van der Waals surface area contributed by atoms with Gasteiger partial charge in [0.2, 0.25) is 0 Å². The van der Waals surface area contributed by atoms with Gasteiger partial charge in [-0.05, 0) is 147 Å². The Bertz CT molecular complexity index is 4120. The van der Waals surface area contributed by atoms with Gasteiger partial charge >= 0.3 is 0 Å². The summed E-state index contributed by atoms with van der Waals surface area (Å²) in [5.41, 5.74) is 28.4. The molecule has 10 aromatic carbocycles. The lowest BCUT2D eigenvalue weighted by Crippen LogP contribution is -2.27. The Morgan fingerprint density at radius 3 is 1.46 bits per heavy atom. The highest BCUT2D eigenvalue weighted by Gasteiger charge is 2.52. The molecule has 0 fully saturated rings. The molecule has 1 nitrogen and oxygen atoms in total. The number of para-hydroxylation sites is 1. The molecule has 0 radical (unpaired) electrons. The third-order valence-electron chi connectivity index (χ3n) is 17.7. The van der Waals surface area contributed by atoms with Gasteiger partial charge in [-0.2, -0.15) is 0 Å². The molecule has 4 aliphatic carbocycles. The van der Waals surface area contributed by atoms with Crippen molar-refractivity contribution in [3.63, 3.8) is 0 Å². The Labute approximate surface area is 473 Å². The van der Waals surface area contributed by atoms with Crippen LogP contribution in [-0.2, 0) is 16.2 Å². The van der Waals surface area contributed by atoms with Crippen LogP contribution < -0.4 is 4.90 Å². The Morgan fingerprint density at radius 1 is 0.362 bits per heavy atom. The summed E-state index contributed by atoms with van der Waals surface area (Å²) in [5, 5.41) is 0. The maximum Gasteiger partial charge on any atom is 0.0726 e. The standard InChI is InChI=1S/C79H65N/c1-77(2,3)56-41-46-67-68-47-42-57(78(4,5)6)50-73(68)79(72(67)49-56)71-37-19-17-33-66(71)69-48-45-59(51-74(69)79)80(58-43-39-54(40-44-58)62-36-22-28-55-27-21-35-61(76(55)62)53-25-11-8-12-26-53)75-38-20-18-34-70(75)65-32-16-15-31-64(65)63-30-14-13-29-60(63)52-23-9-7-10-24-52/h7-51,62,76H,1-6H3. The lowest BCUT2D eigenvalue weighted by Gasteiger charge is -2.35. The van der Waals surface area contributed by atoms with E-state index in [1.165, 1.54) is 106 Å². The molecule has 0 amide bonds. The van der Waals surface area contributed by atoms with Gasteiger partial charge in [0, 0.05) is 28.8 Å². The second kappa shape index (κ2) is 19.1. The molecule has 386 valence electrons. The van der Waals surface area contributed by atoms with E-state index >= 15 is 0 Å². The van der Waals surface area contributed by atoms with Gasteiger partial charge in [-0.15, -0.1) is 0 Å². The van der Waals surface area contributed by atoms with E-state index in [9.17, 15) is 0 Å². The number of rotatable bonds is 8. The fraction of sp³-hybridized carbons (Fsp3) is 0.139. The Balaban J connectivity index is 0.997. The van der Waals surface area contributed by atoms with E-state index in [0.717, 1.165) is 22.6 Å². The Morgan fingerprint density at radius 2 is 0.838 bits per heavy atom. The van der Waals surface area contributed by atoms with Crippen LogP contribution in [0.3, 0.4) is 0 Å². The van der Waals surface area contributed by atoms with Crippen LogP contribution in [0.2, 0.25) is 0 Å². The average Bonchev–Trinajstić information content (AvgIpc) is 4.11. The first-order chi connectivity index (χ1) is 39.0. The van der Waals surface area contributed by atoms with Crippen LogP contribution in [0.25, 0.3) is 61.2 Å². The first kappa shape index (κ1) is 49.3. The molecule has 80 heavy (non-hydrogen) atoms. The molecule has 0 heterocycles. The van der Waals surface area contributed by atoms with Crippen molar-refractivity contribution in [2.45, 2.75) is 63.7 Å². The van der Waals surface area contributed by atoms with E-state index in [1.807, 2.05) is 0 Å².